The molecule has 0 aromatic carbocycles. The first-order valence-corrected chi connectivity index (χ1v) is 9.31. The van der Waals surface area contributed by atoms with Gasteiger partial charge in [0, 0.05) is 4.88 Å². The number of anilines is 1. The van der Waals surface area contributed by atoms with Gasteiger partial charge in [0.2, 0.25) is 11.1 Å². The minimum Gasteiger partial charge on any atom is -0.316 e. The summed E-state index contributed by atoms with van der Waals surface area (Å²) < 4.78 is 1.79. The van der Waals surface area contributed by atoms with Gasteiger partial charge < -0.3 is 5.32 Å². The van der Waals surface area contributed by atoms with Gasteiger partial charge in [0.05, 0.1) is 17.4 Å². The number of thioether (sulfide) groups is 1. The molecule has 1 fully saturated rings. The lowest BCUT2D eigenvalue weighted by Crippen LogP contribution is -2.14. The SMILES string of the molecule is N#Cc1c(NC(=O)CSc2nnnn2C2CC2)sc2c1CCC2. The van der Waals surface area contributed by atoms with Crippen molar-refractivity contribution in [3.05, 3.63) is 16.0 Å². The monoisotopic (exact) mass is 346 g/mol. The molecule has 9 heteroatoms. The van der Waals surface area contributed by atoms with Gasteiger partial charge in [-0.1, -0.05) is 11.8 Å². The third-order valence-corrected chi connectivity index (χ3v) is 6.11. The fraction of sp³-hybridized carbons (Fsp3) is 0.500. The van der Waals surface area contributed by atoms with Crippen molar-refractivity contribution < 1.29 is 4.79 Å². The zero-order valence-electron chi connectivity index (χ0n) is 12.3. The van der Waals surface area contributed by atoms with E-state index in [1.54, 1.807) is 4.68 Å². The van der Waals surface area contributed by atoms with Gasteiger partial charge in [-0.3, -0.25) is 4.79 Å². The van der Waals surface area contributed by atoms with Crippen LogP contribution in [0.2, 0.25) is 0 Å². The van der Waals surface area contributed by atoms with Crippen molar-refractivity contribution in [2.24, 2.45) is 0 Å². The number of carbonyl (C=O) groups is 1. The van der Waals surface area contributed by atoms with Crippen molar-refractivity contribution in [1.82, 2.24) is 20.2 Å². The van der Waals surface area contributed by atoms with Gasteiger partial charge in [0.1, 0.15) is 11.1 Å². The molecule has 0 aliphatic heterocycles. The molecule has 0 atom stereocenters. The molecule has 2 aromatic rings. The van der Waals surface area contributed by atoms with E-state index in [0.29, 0.717) is 21.8 Å². The summed E-state index contributed by atoms with van der Waals surface area (Å²) in [5.74, 6) is 0.109. The van der Waals surface area contributed by atoms with Crippen LogP contribution in [0.25, 0.3) is 0 Å². The van der Waals surface area contributed by atoms with Crippen molar-refractivity contribution in [2.45, 2.75) is 43.3 Å². The first kappa shape index (κ1) is 14.7. The van der Waals surface area contributed by atoms with E-state index in [1.165, 1.54) is 28.0 Å². The van der Waals surface area contributed by atoms with Crippen LogP contribution < -0.4 is 5.32 Å². The summed E-state index contributed by atoms with van der Waals surface area (Å²) in [6.07, 6.45) is 5.24. The Morgan fingerprint density at radius 1 is 1.48 bits per heavy atom. The van der Waals surface area contributed by atoms with Crippen LogP contribution in [0, 0.1) is 11.3 Å². The Bertz CT molecular complexity index is 801. The first-order valence-electron chi connectivity index (χ1n) is 7.51. The van der Waals surface area contributed by atoms with Crippen LogP contribution in [0.4, 0.5) is 5.00 Å². The lowest BCUT2D eigenvalue weighted by molar-refractivity contribution is -0.113. The fourth-order valence-electron chi connectivity index (χ4n) is 2.73. The summed E-state index contributed by atoms with van der Waals surface area (Å²) in [5.41, 5.74) is 1.77. The molecular weight excluding hydrogens is 332 g/mol. The Labute approximate surface area is 141 Å². The van der Waals surface area contributed by atoms with Crippen molar-refractivity contribution in [2.75, 3.05) is 11.1 Å². The second-order valence-electron chi connectivity index (χ2n) is 5.65. The molecule has 2 heterocycles. The summed E-state index contributed by atoms with van der Waals surface area (Å²) in [5, 5.41) is 25.2. The summed E-state index contributed by atoms with van der Waals surface area (Å²) in [7, 11) is 0. The van der Waals surface area contributed by atoms with Gasteiger partial charge in [-0.2, -0.15) is 5.26 Å². The van der Waals surface area contributed by atoms with E-state index in [0.717, 1.165) is 37.7 Å². The highest BCUT2D eigenvalue weighted by atomic mass is 32.2. The molecule has 0 radical (unpaired) electrons. The number of fused-ring (bicyclic) bond motifs is 1. The molecule has 1 saturated carbocycles. The van der Waals surface area contributed by atoms with Crippen LogP contribution in [0.1, 0.15) is 41.3 Å². The summed E-state index contributed by atoms with van der Waals surface area (Å²) in [6, 6.07) is 2.63. The summed E-state index contributed by atoms with van der Waals surface area (Å²) in [6.45, 7) is 0. The highest BCUT2D eigenvalue weighted by molar-refractivity contribution is 7.99. The maximum atomic E-state index is 12.2. The number of hydrogen-bond acceptors (Lipinski definition) is 7. The number of tetrazole rings is 1. The number of thiophene rings is 1. The number of nitriles is 1. The van der Waals surface area contributed by atoms with Gasteiger partial charge in [-0.25, -0.2) is 4.68 Å². The molecule has 2 aromatic heterocycles. The van der Waals surface area contributed by atoms with E-state index in [1.807, 2.05) is 0 Å². The number of rotatable bonds is 5. The van der Waals surface area contributed by atoms with Gasteiger partial charge in [0.25, 0.3) is 0 Å². The molecule has 2 aliphatic rings. The molecule has 1 amide bonds. The number of aryl methyl sites for hydroxylation is 1. The average Bonchev–Trinajstić information content (AvgIpc) is 2.96. The zero-order chi connectivity index (χ0) is 15.8. The second-order valence-corrected chi connectivity index (χ2v) is 7.69. The fourth-order valence-corrected chi connectivity index (χ4v) is 4.73. The van der Waals surface area contributed by atoms with E-state index in [4.69, 9.17) is 0 Å². The van der Waals surface area contributed by atoms with Gasteiger partial charge in [-0.15, -0.1) is 16.4 Å². The third-order valence-electron chi connectivity index (χ3n) is 3.97. The predicted molar refractivity (Wildman–Crippen MR) is 86.5 cm³/mol. The molecule has 0 bridgehead atoms. The van der Waals surface area contributed by atoms with Crippen LogP contribution in [-0.2, 0) is 17.6 Å². The van der Waals surface area contributed by atoms with Crippen LogP contribution in [0.3, 0.4) is 0 Å². The molecule has 4 rings (SSSR count). The van der Waals surface area contributed by atoms with Crippen molar-refractivity contribution >= 4 is 34.0 Å². The largest absolute Gasteiger partial charge is 0.316 e. The maximum absolute atomic E-state index is 12.2. The molecule has 23 heavy (non-hydrogen) atoms. The van der Waals surface area contributed by atoms with Gasteiger partial charge in [-0.05, 0) is 48.1 Å². The topological polar surface area (TPSA) is 96.5 Å². The third kappa shape index (κ3) is 2.84. The Kier molecular flexibility index (Phi) is 3.79. The molecule has 0 saturated heterocycles. The van der Waals surface area contributed by atoms with E-state index in [-0.39, 0.29) is 11.7 Å². The van der Waals surface area contributed by atoms with E-state index >= 15 is 0 Å². The molecular formula is C14H14N6OS2. The molecule has 1 N–H and O–H groups in total. The smallest absolute Gasteiger partial charge is 0.235 e. The van der Waals surface area contributed by atoms with Crippen molar-refractivity contribution in [1.29, 1.82) is 5.26 Å². The van der Waals surface area contributed by atoms with Crippen LogP contribution in [-0.4, -0.2) is 31.9 Å². The molecule has 7 nitrogen and oxygen atoms in total. The van der Waals surface area contributed by atoms with E-state index in [2.05, 4.69) is 26.9 Å². The number of amides is 1. The second kappa shape index (κ2) is 5.94. The van der Waals surface area contributed by atoms with E-state index < -0.39 is 0 Å². The van der Waals surface area contributed by atoms with Gasteiger partial charge in [0.15, 0.2) is 0 Å². The minimum absolute atomic E-state index is 0.128. The first-order chi connectivity index (χ1) is 11.3. The Hall–Kier alpha value is -1.92. The van der Waals surface area contributed by atoms with E-state index in [9.17, 15) is 10.1 Å². The quantitative estimate of drug-likeness (QED) is 0.833. The Morgan fingerprint density at radius 3 is 3.13 bits per heavy atom. The molecule has 0 spiro atoms. The number of aromatic nitrogens is 4. The lowest BCUT2D eigenvalue weighted by Gasteiger charge is -2.04. The van der Waals surface area contributed by atoms with Crippen molar-refractivity contribution in [3.63, 3.8) is 0 Å². The van der Waals surface area contributed by atoms with Crippen molar-refractivity contribution in [3.8, 4) is 6.07 Å². The predicted octanol–water partition coefficient (Wildman–Crippen LogP) is 2.16. The van der Waals surface area contributed by atoms with Crippen LogP contribution >= 0.6 is 23.1 Å². The number of nitrogens with one attached hydrogen (secondary N) is 1. The Morgan fingerprint density at radius 2 is 2.35 bits per heavy atom. The summed E-state index contributed by atoms with van der Waals surface area (Å²) in [4.78, 5) is 13.4. The maximum Gasteiger partial charge on any atom is 0.235 e. The highest BCUT2D eigenvalue weighted by Crippen LogP contribution is 2.39. The minimum atomic E-state index is -0.128. The molecule has 2 aliphatic carbocycles. The van der Waals surface area contributed by atoms with Crippen LogP contribution in [0.5, 0.6) is 0 Å². The van der Waals surface area contributed by atoms with Crippen LogP contribution in [0.15, 0.2) is 5.16 Å². The average molecular weight is 346 g/mol. The molecule has 0 unspecified atom stereocenters. The molecule has 118 valence electrons. The van der Waals surface area contributed by atoms with Gasteiger partial charge >= 0.3 is 0 Å². The Balaban J connectivity index is 1.41. The number of hydrogen-bond donors (Lipinski definition) is 1. The number of carbonyl (C=O) groups excluding carboxylic acids is 1. The zero-order valence-corrected chi connectivity index (χ0v) is 13.9. The highest BCUT2D eigenvalue weighted by Gasteiger charge is 2.28. The summed E-state index contributed by atoms with van der Waals surface area (Å²) >= 11 is 2.86. The standard InChI is InChI=1S/C14H14N6OS2/c15-6-10-9-2-1-3-11(9)23-13(10)16-12(21)7-22-14-17-18-19-20(14)8-4-5-8/h8H,1-5,7H2,(H,16,21). The lowest BCUT2D eigenvalue weighted by atomic mass is 10.1. The normalized spacial score (nSPS) is 16.1. The number of nitrogens with zero attached hydrogens (tertiary/aromatic N) is 5.